The summed E-state index contributed by atoms with van der Waals surface area (Å²) < 4.78 is 13.0. The van der Waals surface area contributed by atoms with Crippen molar-refractivity contribution in [2.24, 2.45) is 0 Å². The van der Waals surface area contributed by atoms with Crippen LogP contribution in [0.4, 0.5) is 15.9 Å². The Hall–Kier alpha value is -2.01. The summed E-state index contributed by atoms with van der Waals surface area (Å²) in [7, 11) is 0. The highest BCUT2D eigenvalue weighted by atomic mass is 32.1. The third-order valence-electron chi connectivity index (χ3n) is 3.78. The van der Waals surface area contributed by atoms with Crippen LogP contribution in [0.3, 0.4) is 0 Å². The molecule has 0 fully saturated rings. The SMILES string of the molecule is Cc1nc(Nc2ccc(F)cc2)c2c3c(sc2n1)CCC3. The third-order valence-corrected chi connectivity index (χ3v) is 4.97. The van der Waals surface area contributed by atoms with Crippen LogP contribution in [0, 0.1) is 12.7 Å². The molecule has 106 valence electrons. The van der Waals surface area contributed by atoms with Crippen molar-refractivity contribution in [1.82, 2.24) is 9.97 Å². The van der Waals surface area contributed by atoms with Gasteiger partial charge in [0, 0.05) is 10.6 Å². The molecule has 2 aromatic heterocycles. The predicted octanol–water partition coefficient (Wildman–Crippen LogP) is 4.37. The molecule has 0 atom stereocenters. The van der Waals surface area contributed by atoms with Gasteiger partial charge in [0.1, 0.15) is 22.3 Å². The Morgan fingerprint density at radius 1 is 1.14 bits per heavy atom. The molecule has 1 N–H and O–H groups in total. The van der Waals surface area contributed by atoms with Gasteiger partial charge in [0.05, 0.1) is 5.39 Å². The van der Waals surface area contributed by atoms with Crippen molar-refractivity contribution in [2.75, 3.05) is 5.32 Å². The second-order valence-corrected chi connectivity index (χ2v) is 6.37. The first-order valence-corrected chi connectivity index (χ1v) is 7.84. The monoisotopic (exact) mass is 299 g/mol. The Labute approximate surface area is 125 Å². The van der Waals surface area contributed by atoms with Gasteiger partial charge in [0.15, 0.2) is 0 Å². The summed E-state index contributed by atoms with van der Waals surface area (Å²) in [5.74, 6) is 1.36. The van der Waals surface area contributed by atoms with Crippen molar-refractivity contribution in [2.45, 2.75) is 26.2 Å². The first-order valence-electron chi connectivity index (χ1n) is 7.02. The molecule has 1 aromatic carbocycles. The van der Waals surface area contributed by atoms with E-state index < -0.39 is 0 Å². The highest BCUT2D eigenvalue weighted by Gasteiger charge is 2.21. The van der Waals surface area contributed by atoms with Gasteiger partial charge < -0.3 is 5.32 Å². The van der Waals surface area contributed by atoms with Crippen LogP contribution in [0.5, 0.6) is 0 Å². The summed E-state index contributed by atoms with van der Waals surface area (Å²) in [5.41, 5.74) is 2.23. The van der Waals surface area contributed by atoms with Gasteiger partial charge in [-0.25, -0.2) is 14.4 Å². The molecule has 2 heterocycles. The molecule has 0 saturated carbocycles. The molecule has 3 nitrogen and oxygen atoms in total. The number of thiophene rings is 1. The van der Waals surface area contributed by atoms with Crippen LogP contribution in [0.1, 0.15) is 22.7 Å². The third kappa shape index (κ3) is 2.17. The highest BCUT2D eigenvalue weighted by molar-refractivity contribution is 7.19. The van der Waals surface area contributed by atoms with Crippen molar-refractivity contribution < 1.29 is 4.39 Å². The molecular formula is C16H14FN3S. The van der Waals surface area contributed by atoms with E-state index in [1.54, 1.807) is 23.5 Å². The molecule has 0 aliphatic heterocycles. The van der Waals surface area contributed by atoms with Crippen LogP contribution in [0.25, 0.3) is 10.2 Å². The lowest BCUT2D eigenvalue weighted by Gasteiger charge is -2.09. The topological polar surface area (TPSA) is 37.8 Å². The fourth-order valence-electron chi connectivity index (χ4n) is 2.86. The van der Waals surface area contributed by atoms with Crippen LogP contribution >= 0.6 is 11.3 Å². The van der Waals surface area contributed by atoms with Crippen molar-refractivity contribution in [1.29, 1.82) is 0 Å². The van der Waals surface area contributed by atoms with Crippen LogP contribution in [-0.4, -0.2) is 9.97 Å². The molecule has 0 radical (unpaired) electrons. The minimum absolute atomic E-state index is 0.235. The van der Waals surface area contributed by atoms with E-state index in [1.165, 1.54) is 29.0 Å². The first kappa shape index (κ1) is 12.7. The van der Waals surface area contributed by atoms with Gasteiger partial charge in [-0.3, -0.25) is 0 Å². The number of hydrogen-bond donors (Lipinski definition) is 1. The van der Waals surface area contributed by atoms with Crippen molar-refractivity contribution >= 4 is 33.1 Å². The van der Waals surface area contributed by atoms with Crippen molar-refractivity contribution in [3.63, 3.8) is 0 Å². The largest absolute Gasteiger partial charge is 0.340 e. The number of anilines is 2. The molecule has 1 aliphatic rings. The zero-order valence-corrected chi connectivity index (χ0v) is 12.4. The second-order valence-electron chi connectivity index (χ2n) is 5.29. The van der Waals surface area contributed by atoms with E-state index in [-0.39, 0.29) is 5.82 Å². The minimum atomic E-state index is -0.235. The fraction of sp³-hybridized carbons (Fsp3) is 0.250. The van der Waals surface area contributed by atoms with Gasteiger partial charge in [-0.05, 0) is 56.0 Å². The molecule has 5 heteroatoms. The van der Waals surface area contributed by atoms with Gasteiger partial charge in [-0.15, -0.1) is 11.3 Å². The van der Waals surface area contributed by atoms with E-state index in [4.69, 9.17) is 0 Å². The van der Waals surface area contributed by atoms with E-state index >= 15 is 0 Å². The van der Waals surface area contributed by atoms with Gasteiger partial charge >= 0.3 is 0 Å². The number of benzene rings is 1. The highest BCUT2D eigenvalue weighted by Crippen LogP contribution is 2.40. The van der Waals surface area contributed by atoms with E-state index in [0.29, 0.717) is 0 Å². The van der Waals surface area contributed by atoms with E-state index in [0.717, 1.165) is 40.4 Å². The summed E-state index contributed by atoms with van der Waals surface area (Å²) >= 11 is 1.78. The Balaban J connectivity index is 1.85. The maximum absolute atomic E-state index is 13.0. The van der Waals surface area contributed by atoms with Crippen LogP contribution in [0.2, 0.25) is 0 Å². The van der Waals surface area contributed by atoms with Gasteiger partial charge in [0.2, 0.25) is 0 Å². The van der Waals surface area contributed by atoms with Crippen molar-refractivity contribution in [3.8, 4) is 0 Å². The molecule has 0 unspecified atom stereocenters. The maximum Gasteiger partial charge on any atom is 0.143 e. The predicted molar refractivity (Wildman–Crippen MR) is 83.9 cm³/mol. The van der Waals surface area contributed by atoms with Crippen LogP contribution < -0.4 is 5.32 Å². The Morgan fingerprint density at radius 2 is 1.95 bits per heavy atom. The average Bonchev–Trinajstić information content (AvgIpc) is 3.01. The fourth-order valence-corrected chi connectivity index (χ4v) is 4.17. The second kappa shape index (κ2) is 4.77. The number of nitrogens with one attached hydrogen (secondary N) is 1. The lowest BCUT2D eigenvalue weighted by Crippen LogP contribution is -1.99. The average molecular weight is 299 g/mol. The molecule has 3 aromatic rings. The molecule has 0 saturated heterocycles. The van der Waals surface area contributed by atoms with E-state index in [2.05, 4.69) is 15.3 Å². The van der Waals surface area contributed by atoms with Gasteiger partial charge in [-0.2, -0.15) is 0 Å². The zero-order valence-electron chi connectivity index (χ0n) is 11.6. The number of hydrogen-bond acceptors (Lipinski definition) is 4. The quantitative estimate of drug-likeness (QED) is 0.763. The Kier molecular flexibility index (Phi) is 2.89. The summed E-state index contributed by atoms with van der Waals surface area (Å²) in [6.45, 7) is 1.90. The molecule has 21 heavy (non-hydrogen) atoms. The lowest BCUT2D eigenvalue weighted by molar-refractivity contribution is 0.628. The molecule has 0 bridgehead atoms. The number of aryl methyl sites for hydroxylation is 3. The van der Waals surface area contributed by atoms with Gasteiger partial charge in [0.25, 0.3) is 0 Å². The van der Waals surface area contributed by atoms with E-state index in [1.807, 2.05) is 6.92 Å². The Bertz CT molecular complexity index is 824. The molecular weight excluding hydrogens is 285 g/mol. The van der Waals surface area contributed by atoms with Crippen molar-refractivity contribution in [3.05, 3.63) is 46.3 Å². The molecule has 0 spiro atoms. The first-order chi connectivity index (χ1) is 10.2. The maximum atomic E-state index is 13.0. The molecule has 1 aliphatic carbocycles. The number of fused-ring (bicyclic) bond motifs is 3. The summed E-state index contributed by atoms with van der Waals surface area (Å²) in [6, 6.07) is 6.35. The van der Waals surface area contributed by atoms with Crippen LogP contribution in [0.15, 0.2) is 24.3 Å². The molecule has 0 amide bonds. The minimum Gasteiger partial charge on any atom is -0.340 e. The molecule has 4 rings (SSSR count). The summed E-state index contributed by atoms with van der Waals surface area (Å²) in [4.78, 5) is 11.6. The number of halogens is 1. The zero-order chi connectivity index (χ0) is 14.4. The van der Waals surface area contributed by atoms with Gasteiger partial charge in [-0.1, -0.05) is 0 Å². The Morgan fingerprint density at radius 3 is 2.76 bits per heavy atom. The van der Waals surface area contributed by atoms with Crippen LogP contribution in [-0.2, 0) is 12.8 Å². The standard InChI is InChI=1S/C16H14FN3S/c1-9-18-15(20-11-7-5-10(17)6-8-11)14-12-3-2-4-13(12)21-16(14)19-9/h5-8H,2-4H2,1H3,(H,18,19,20). The number of nitrogens with zero attached hydrogens (tertiary/aromatic N) is 2. The smallest absolute Gasteiger partial charge is 0.143 e. The number of rotatable bonds is 2. The lowest BCUT2D eigenvalue weighted by atomic mass is 10.2. The van der Waals surface area contributed by atoms with E-state index in [9.17, 15) is 4.39 Å². The number of aromatic nitrogens is 2. The summed E-state index contributed by atoms with van der Waals surface area (Å²) in [6.07, 6.45) is 3.45. The normalized spacial score (nSPS) is 13.6. The summed E-state index contributed by atoms with van der Waals surface area (Å²) in [5, 5.41) is 4.46.